The van der Waals surface area contributed by atoms with Crippen LogP contribution in [0.3, 0.4) is 0 Å². The summed E-state index contributed by atoms with van der Waals surface area (Å²) in [6, 6.07) is 64.3. The highest BCUT2D eigenvalue weighted by atomic mass is 31.1. The lowest BCUT2D eigenvalue weighted by Crippen LogP contribution is -2.38. The molecule has 0 spiro atoms. The van der Waals surface area contributed by atoms with E-state index in [0.29, 0.717) is 22.7 Å². The van der Waals surface area contributed by atoms with Gasteiger partial charge in [-0.3, -0.25) is 0 Å². The zero-order chi connectivity index (χ0) is 59.9. The first-order chi connectivity index (χ1) is 41.4. The summed E-state index contributed by atoms with van der Waals surface area (Å²) in [5.41, 5.74) is 7.73. The number of aryl methyl sites for hydroxylation is 5. The highest BCUT2D eigenvalue weighted by Crippen LogP contribution is 2.48. The molecule has 3 aromatic heterocycles. The van der Waals surface area contributed by atoms with E-state index >= 15 is 0 Å². The van der Waals surface area contributed by atoms with Crippen molar-refractivity contribution in [1.82, 2.24) is 0 Å². The molecule has 86 heavy (non-hydrogen) atoms. The van der Waals surface area contributed by atoms with Crippen molar-refractivity contribution in [2.45, 2.75) is 53.1 Å². The van der Waals surface area contributed by atoms with E-state index in [1.54, 1.807) is 14.2 Å². The van der Waals surface area contributed by atoms with Crippen molar-refractivity contribution in [2.75, 3.05) is 14.2 Å². The Bertz CT molecular complexity index is 5060. The number of rotatable bonds is 4. The summed E-state index contributed by atoms with van der Waals surface area (Å²) in [4.78, 5) is 0. The molecule has 0 saturated heterocycles. The van der Waals surface area contributed by atoms with Crippen molar-refractivity contribution < 1.29 is 34.7 Å². The minimum absolute atomic E-state index is 0.700. The molecular formula is C73H69O8P3Si2. The number of benzene rings is 12. The standard InChI is InChI=1S/C27H31O2PSi2.C23H19O4P.C23H19O2P/c1-30-28-26-22(31(2,3)4)16-18-12-8-10-14-20(18)24(26)25-21-15-11-9-13-19(21)17-23(27(25)29-30)32(5,6)7;1-24-18-12-14-8-4-6-10-16(14)20-21-17-11-7-5-9-15(17)13-19(25-2)23(21)27-28(3)26-22(18)20;1-14-12-16-8-4-6-10-18(16)20-21-19-11-7-5-9-17(19)13-15(2)23(21)25-26(3)24-22(14)20/h8-17H,1-7H3;4-13H,1-3H3;4-13H,1-3H3. The Morgan fingerprint density at radius 1 is 0.291 bits per heavy atom. The maximum absolute atomic E-state index is 6.71. The molecular weight excluding hydrogens is 1150 g/mol. The van der Waals surface area contributed by atoms with Crippen LogP contribution in [-0.4, -0.2) is 30.4 Å². The van der Waals surface area contributed by atoms with Gasteiger partial charge in [0.25, 0.3) is 0 Å². The van der Waals surface area contributed by atoms with E-state index in [9.17, 15) is 0 Å². The van der Waals surface area contributed by atoms with E-state index in [1.165, 1.54) is 64.2 Å². The molecule has 15 rings (SSSR count). The van der Waals surface area contributed by atoms with Gasteiger partial charge in [0.2, 0.25) is 24.0 Å². The summed E-state index contributed by atoms with van der Waals surface area (Å²) >= 11 is 0. The van der Waals surface area contributed by atoms with Gasteiger partial charge in [-0.05, 0) is 124 Å². The van der Waals surface area contributed by atoms with Crippen molar-refractivity contribution in [3.8, 4) is 11.5 Å². The average Bonchev–Trinajstić information content (AvgIpc) is 1.43. The summed E-state index contributed by atoms with van der Waals surface area (Å²) in [6.07, 6.45) is 0. The Morgan fingerprint density at radius 2 is 0.512 bits per heavy atom. The second-order valence-electron chi connectivity index (χ2n) is 24.3. The van der Waals surface area contributed by atoms with Gasteiger partial charge in [-0.25, -0.2) is 0 Å². The van der Waals surface area contributed by atoms with Gasteiger partial charge >= 0.3 is 0 Å². The van der Waals surface area contributed by atoms with Crippen LogP contribution < -0.4 is 19.8 Å². The van der Waals surface area contributed by atoms with Crippen LogP contribution in [0, 0.1) is 13.8 Å². The number of methoxy groups -OCH3 is 2. The molecule has 0 aliphatic carbocycles. The van der Waals surface area contributed by atoms with E-state index in [-0.39, 0.29) is 0 Å². The number of fused-ring (bicyclic) bond motifs is 21. The predicted molar refractivity (Wildman–Crippen MR) is 375 cm³/mol. The second kappa shape index (κ2) is 22.3. The second-order valence-corrected chi connectivity index (χ2v) is 38.1. The molecule has 12 aromatic carbocycles. The zero-order valence-electron chi connectivity index (χ0n) is 50.9. The first-order valence-corrected chi connectivity index (χ1v) is 40.9. The third-order valence-corrected chi connectivity index (χ3v) is 23.1. The monoisotopic (exact) mass is 1220 g/mol. The highest BCUT2D eigenvalue weighted by Gasteiger charge is 2.28. The lowest BCUT2D eigenvalue weighted by atomic mass is 9.95. The van der Waals surface area contributed by atoms with E-state index in [1.807, 2.05) is 49.7 Å². The van der Waals surface area contributed by atoms with Crippen LogP contribution in [0.25, 0.3) is 130 Å². The molecule has 0 saturated carbocycles. The molecule has 15 aromatic rings. The topological polar surface area (TPSA) is 97.3 Å². The van der Waals surface area contributed by atoms with E-state index in [2.05, 4.69) is 205 Å². The molecule has 0 amide bonds. The van der Waals surface area contributed by atoms with Crippen LogP contribution in [0.5, 0.6) is 11.5 Å². The minimum atomic E-state index is -1.68. The Hall–Kier alpha value is -8.07. The molecule has 13 heteroatoms. The third-order valence-electron chi connectivity index (χ3n) is 16.4. The fraction of sp³-hybridized carbons (Fsp3) is 0.178. The fourth-order valence-corrected chi connectivity index (χ4v) is 18.5. The summed E-state index contributed by atoms with van der Waals surface area (Å²) < 4.78 is 50.1. The van der Waals surface area contributed by atoms with Crippen molar-refractivity contribution >= 4 is 181 Å². The number of ether oxygens (including phenoxy) is 2. The van der Waals surface area contributed by atoms with Gasteiger partial charge in [0.15, 0.2) is 22.7 Å². The average molecular weight is 1220 g/mol. The Morgan fingerprint density at radius 3 is 0.791 bits per heavy atom. The lowest BCUT2D eigenvalue weighted by Gasteiger charge is -2.20. The van der Waals surface area contributed by atoms with Crippen molar-refractivity contribution in [3.05, 3.63) is 193 Å². The molecule has 432 valence electrons. The SMILES string of the molecule is COc1cc2ccccc2c2c1op(C)oc1c(OC)cc3ccccc3c12.Cc1cc2ccccc2c2c1op(C)oc1c(C)cc3ccccc3c12.Cp1oc2c([Si](C)(C)C)cc3ccccc3c2c2c(o1)c([Si](C)(C)C)cc1ccccc12. The molecule has 8 nitrogen and oxygen atoms in total. The Kier molecular flexibility index (Phi) is 14.8. The summed E-state index contributed by atoms with van der Waals surface area (Å²) in [5, 5.41) is 23.7. The van der Waals surface area contributed by atoms with E-state index in [4.69, 9.17) is 34.7 Å². The van der Waals surface area contributed by atoms with Gasteiger partial charge in [0.1, 0.15) is 22.3 Å². The molecule has 3 heterocycles. The van der Waals surface area contributed by atoms with Gasteiger partial charge in [-0.15, -0.1) is 0 Å². The van der Waals surface area contributed by atoms with E-state index in [0.717, 1.165) is 76.5 Å². The quantitative estimate of drug-likeness (QED) is 0.161. The zero-order valence-corrected chi connectivity index (χ0v) is 55.6. The van der Waals surface area contributed by atoms with Gasteiger partial charge in [-0.2, -0.15) is 0 Å². The maximum Gasteiger partial charge on any atom is 0.213 e. The molecule has 0 N–H and O–H groups in total. The van der Waals surface area contributed by atoms with Crippen molar-refractivity contribution in [3.63, 3.8) is 0 Å². The maximum atomic E-state index is 6.71. The van der Waals surface area contributed by atoms with Crippen LogP contribution in [0.4, 0.5) is 0 Å². The normalized spacial score (nSPS) is 12.0. The molecule has 0 atom stereocenters. The van der Waals surface area contributed by atoms with Crippen LogP contribution >= 0.6 is 24.0 Å². The summed E-state index contributed by atoms with van der Waals surface area (Å²) in [5.74, 6) is 1.40. The molecule has 0 aliphatic heterocycles. The van der Waals surface area contributed by atoms with Crippen LogP contribution in [0.2, 0.25) is 39.3 Å². The lowest BCUT2D eigenvalue weighted by molar-refractivity contribution is 0.411. The van der Waals surface area contributed by atoms with Crippen molar-refractivity contribution in [1.29, 1.82) is 0 Å². The van der Waals surface area contributed by atoms with Crippen LogP contribution in [-0.2, 0) is 20.0 Å². The number of hydrogen-bond acceptors (Lipinski definition) is 8. The van der Waals surface area contributed by atoms with Crippen molar-refractivity contribution in [2.24, 2.45) is 20.0 Å². The molecule has 0 radical (unpaired) electrons. The first kappa shape index (κ1) is 57.0. The Balaban J connectivity index is 0.000000120. The molecule has 0 bridgehead atoms. The van der Waals surface area contributed by atoms with Gasteiger partial charge in [0.05, 0.1) is 30.4 Å². The predicted octanol–water partition coefficient (Wildman–Crippen LogP) is 23.1. The minimum Gasteiger partial charge on any atom is -0.493 e. The summed E-state index contributed by atoms with van der Waals surface area (Å²) in [6.45, 7) is 24.7. The van der Waals surface area contributed by atoms with Gasteiger partial charge in [0, 0.05) is 52.3 Å². The van der Waals surface area contributed by atoms with Gasteiger partial charge in [-0.1, -0.05) is 197 Å². The van der Waals surface area contributed by atoms with Crippen LogP contribution in [0.1, 0.15) is 11.1 Å². The summed E-state index contributed by atoms with van der Waals surface area (Å²) in [7, 11) is -3.35. The molecule has 0 aliphatic rings. The van der Waals surface area contributed by atoms with E-state index < -0.39 is 40.2 Å². The van der Waals surface area contributed by atoms with Gasteiger partial charge < -0.3 is 34.7 Å². The Labute approximate surface area is 504 Å². The fourth-order valence-electron chi connectivity index (χ4n) is 12.5. The molecule has 0 unspecified atom stereocenters. The smallest absolute Gasteiger partial charge is 0.213 e. The number of hydrogen-bond donors (Lipinski definition) is 0. The third kappa shape index (κ3) is 10.1. The van der Waals surface area contributed by atoms with Crippen LogP contribution in [0.15, 0.2) is 207 Å². The highest BCUT2D eigenvalue weighted by molar-refractivity contribution is 7.35. The first-order valence-electron chi connectivity index (χ1n) is 29.1. The largest absolute Gasteiger partial charge is 0.493 e. The molecule has 0 fully saturated rings.